The summed E-state index contributed by atoms with van der Waals surface area (Å²) in [6.07, 6.45) is 0.146. The topological polar surface area (TPSA) is 170 Å². The number of imide groups is 1. The first-order valence-corrected chi connectivity index (χ1v) is 6.79. The second kappa shape index (κ2) is 7.17. The van der Waals surface area contributed by atoms with E-state index in [-0.39, 0.29) is 30.7 Å². The fourth-order valence-electron chi connectivity index (χ4n) is 1.67. The van der Waals surface area contributed by atoms with E-state index in [4.69, 9.17) is 0 Å². The van der Waals surface area contributed by atoms with E-state index in [1.54, 1.807) is 0 Å². The molecule has 1 fully saturated rings. The summed E-state index contributed by atoms with van der Waals surface area (Å²) in [7, 11) is 2.78. The largest absolute Gasteiger partial charge is 0.341 e. The van der Waals surface area contributed by atoms with Gasteiger partial charge in [0.1, 0.15) is 0 Å². The minimum Gasteiger partial charge on any atom is -0.341 e. The molecule has 0 saturated carbocycles. The Morgan fingerprint density at radius 3 is 1.67 bits per heavy atom. The highest BCUT2D eigenvalue weighted by Gasteiger charge is 2.30. The molecular weight excluding hydrogens is 322 g/mol. The quantitative estimate of drug-likeness (QED) is 0.429. The van der Waals surface area contributed by atoms with Crippen LogP contribution >= 0.6 is 0 Å². The van der Waals surface area contributed by atoms with Crippen molar-refractivity contribution in [2.45, 2.75) is 12.8 Å². The molecule has 0 atom stereocenters. The molecule has 0 aliphatic carbocycles. The maximum absolute atomic E-state index is 11.6. The van der Waals surface area contributed by atoms with Crippen molar-refractivity contribution in [1.29, 1.82) is 0 Å². The van der Waals surface area contributed by atoms with Crippen LogP contribution in [0.3, 0.4) is 0 Å². The lowest BCUT2D eigenvalue weighted by Crippen LogP contribution is -2.36. The normalized spacial score (nSPS) is 13.5. The zero-order chi connectivity index (χ0) is 17.7. The minimum atomic E-state index is -0.605. The molecule has 2 rings (SSSR count). The van der Waals surface area contributed by atoms with Crippen LogP contribution in [0, 0.1) is 0 Å². The van der Waals surface area contributed by atoms with Crippen LogP contribution in [0.5, 0.6) is 0 Å². The van der Waals surface area contributed by atoms with Gasteiger partial charge in [-0.05, 0) is 0 Å². The molecule has 0 aromatic carbocycles. The van der Waals surface area contributed by atoms with Crippen molar-refractivity contribution in [3.05, 3.63) is 0 Å². The van der Waals surface area contributed by atoms with Crippen molar-refractivity contribution >= 4 is 41.7 Å². The fraction of sp³-hybridized carbons (Fsp3) is 0.364. The van der Waals surface area contributed by atoms with Crippen molar-refractivity contribution in [2.75, 3.05) is 30.2 Å². The summed E-state index contributed by atoms with van der Waals surface area (Å²) < 4.78 is 0. The Hall–Kier alpha value is -3.51. The molecule has 1 aliphatic rings. The van der Waals surface area contributed by atoms with Gasteiger partial charge < -0.3 is 10.6 Å². The van der Waals surface area contributed by atoms with Crippen LogP contribution in [0.2, 0.25) is 0 Å². The van der Waals surface area contributed by atoms with Crippen molar-refractivity contribution in [2.24, 2.45) is 0 Å². The van der Waals surface area contributed by atoms with Gasteiger partial charge in [0, 0.05) is 26.9 Å². The number of amides is 6. The molecule has 6 amide bonds. The number of hydrogen-bond acceptors (Lipinski definition) is 8. The summed E-state index contributed by atoms with van der Waals surface area (Å²) in [6.45, 7) is 0. The van der Waals surface area contributed by atoms with E-state index in [0.717, 1.165) is 5.01 Å². The highest BCUT2D eigenvalue weighted by atomic mass is 16.2. The molecule has 13 heteroatoms. The summed E-state index contributed by atoms with van der Waals surface area (Å²) in [5.41, 5.74) is 2.43. The lowest BCUT2D eigenvalue weighted by molar-refractivity contribution is -0.136. The zero-order valence-electron chi connectivity index (χ0n) is 12.8. The number of anilines is 3. The third-order valence-electron chi connectivity index (χ3n) is 2.80. The zero-order valence-corrected chi connectivity index (χ0v) is 12.8. The molecule has 1 aromatic rings. The van der Waals surface area contributed by atoms with Crippen LogP contribution in [0.1, 0.15) is 12.8 Å². The van der Waals surface area contributed by atoms with Crippen molar-refractivity contribution in [1.82, 2.24) is 30.6 Å². The smallest absolute Gasteiger partial charge is 0.321 e. The molecule has 24 heavy (non-hydrogen) atoms. The molecule has 1 aromatic heterocycles. The number of urea groups is 2. The molecule has 13 nitrogen and oxygen atoms in total. The lowest BCUT2D eigenvalue weighted by Gasteiger charge is -2.16. The summed E-state index contributed by atoms with van der Waals surface area (Å²) in [6, 6.07) is -1.21. The molecule has 0 bridgehead atoms. The third kappa shape index (κ3) is 4.02. The van der Waals surface area contributed by atoms with E-state index in [0.29, 0.717) is 0 Å². The first kappa shape index (κ1) is 16.9. The standard InChI is InChI=1S/C11H15N9O4/c1-12-10(23)17-7-14-8(18-11(24)13-2)16-9(15-7)19-20-5(21)3-4-6(20)22/h3-4H2,1-2H3,(H5,12,13,14,15,16,17,18,19,23,24). The van der Waals surface area contributed by atoms with Gasteiger partial charge in [-0.2, -0.15) is 20.0 Å². The first-order valence-electron chi connectivity index (χ1n) is 6.79. The molecular formula is C11H15N9O4. The molecule has 1 aliphatic heterocycles. The molecule has 128 valence electrons. The fourth-order valence-corrected chi connectivity index (χ4v) is 1.67. The second-order valence-electron chi connectivity index (χ2n) is 4.45. The average molecular weight is 337 g/mol. The number of carbonyl (C=O) groups is 4. The molecule has 0 unspecified atom stereocenters. The van der Waals surface area contributed by atoms with Crippen LogP contribution < -0.4 is 26.7 Å². The highest BCUT2D eigenvalue weighted by molar-refractivity contribution is 6.02. The van der Waals surface area contributed by atoms with E-state index in [2.05, 4.69) is 41.6 Å². The van der Waals surface area contributed by atoms with Gasteiger partial charge >= 0.3 is 12.1 Å². The van der Waals surface area contributed by atoms with Crippen molar-refractivity contribution in [3.63, 3.8) is 0 Å². The monoisotopic (exact) mass is 337 g/mol. The van der Waals surface area contributed by atoms with Crippen LogP contribution in [0.25, 0.3) is 0 Å². The Labute approximate surface area is 135 Å². The molecule has 1 saturated heterocycles. The Morgan fingerprint density at radius 2 is 1.25 bits per heavy atom. The van der Waals surface area contributed by atoms with E-state index in [9.17, 15) is 19.2 Å². The lowest BCUT2D eigenvalue weighted by atomic mass is 10.4. The first-order chi connectivity index (χ1) is 11.4. The van der Waals surface area contributed by atoms with E-state index in [1.807, 2.05) is 0 Å². The number of hydrogen-bond donors (Lipinski definition) is 5. The van der Waals surface area contributed by atoms with Crippen LogP contribution in [-0.2, 0) is 9.59 Å². The van der Waals surface area contributed by atoms with Gasteiger partial charge in [0.2, 0.25) is 29.7 Å². The Kier molecular flexibility index (Phi) is 5.03. The number of carbonyl (C=O) groups excluding carboxylic acids is 4. The number of nitrogens with one attached hydrogen (secondary N) is 5. The molecule has 0 radical (unpaired) electrons. The maximum Gasteiger partial charge on any atom is 0.321 e. The van der Waals surface area contributed by atoms with Gasteiger partial charge in [-0.25, -0.2) is 9.59 Å². The summed E-state index contributed by atoms with van der Waals surface area (Å²) >= 11 is 0. The van der Waals surface area contributed by atoms with E-state index >= 15 is 0 Å². The molecule has 2 heterocycles. The molecule has 0 spiro atoms. The van der Waals surface area contributed by atoms with Crippen molar-refractivity contribution in [3.8, 4) is 0 Å². The average Bonchev–Trinajstić information content (AvgIpc) is 2.86. The predicted octanol–water partition coefficient (Wildman–Crippen LogP) is -1.15. The van der Waals surface area contributed by atoms with Gasteiger partial charge in [-0.3, -0.25) is 25.6 Å². The third-order valence-corrected chi connectivity index (χ3v) is 2.80. The summed E-state index contributed by atoms with van der Waals surface area (Å²) in [5, 5.41) is 9.97. The maximum atomic E-state index is 11.6. The van der Waals surface area contributed by atoms with Crippen molar-refractivity contribution < 1.29 is 19.2 Å². The SMILES string of the molecule is CNC(=O)Nc1nc(NC(=O)NC)nc(NN2C(=O)CCC2=O)n1. The van der Waals surface area contributed by atoms with Crippen LogP contribution in [0.15, 0.2) is 0 Å². The molecule has 5 N–H and O–H groups in total. The van der Waals surface area contributed by atoms with Gasteiger partial charge in [0.25, 0.3) is 0 Å². The Balaban J connectivity index is 2.27. The highest BCUT2D eigenvalue weighted by Crippen LogP contribution is 2.15. The second-order valence-corrected chi connectivity index (χ2v) is 4.45. The van der Waals surface area contributed by atoms with Gasteiger partial charge in [0.05, 0.1) is 0 Å². The number of rotatable bonds is 4. The van der Waals surface area contributed by atoms with Crippen LogP contribution in [-0.4, -0.2) is 57.9 Å². The number of hydrazine groups is 1. The van der Waals surface area contributed by atoms with Gasteiger partial charge in [0.15, 0.2) is 0 Å². The van der Waals surface area contributed by atoms with Gasteiger partial charge in [-0.15, -0.1) is 0 Å². The van der Waals surface area contributed by atoms with Crippen LogP contribution in [0.4, 0.5) is 27.4 Å². The predicted molar refractivity (Wildman–Crippen MR) is 80.7 cm³/mol. The van der Waals surface area contributed by atoms with E-state index < -0.39 is 23.9 Å². The number of nitrogens with zero attached hydrogens (tertiary/aromatic N) is 4. The van der Waals surface area contributed by atoms with Gasteiger partial charge in [-0.1, -0.05) is 0 Å². The van der Waals surface area contributed by atoms with E-state index in [1.165, 1.54) is 14.1 Å². The summed E-state index contributed by atoms with van der Waals surface area (Å²) in [4.78, 5) is 57.5. The minimum absolute atomic E-state index is 0.0730. The Morgan fingerprint density at radius 1 is 0.833 bits per heavy atom. The Bertz CT molecular complexity index is 640. The number of aromatic nitrogens is 3. The summed E-state index contributed by atoms with van der Waals surface area (Å²) in [5.74, 6) is -1.48.